The van der Waals surface area contributed by atoms with Crippen molar-refractivity contribution in [3.05, 3.63) is 0 Å². The number of nitrogens with one attached hydrogen (secondary N) is 1. The second-order valence-electron chi connectivity index (χ2n) is 9.61. The van der Waals surface area contributed by atoms with Gasteiger partial charge in [-0.25, -0.2) is 4.79 Å². The lowest BCUT2D eigenvalue weighted by Gasteiger charge is -2.31. The van der Waals surface area contributed by atoms with Gasteiger partial charge in [-0.3, -0.25) is 9.59 Å². The van der Waals surface area contributed by atoms with Crippen LogP contribution < -0.4 is 11.1 Å². The molecule has 0 aliphatic heterocycles. The van der Waals surface area contributed by atoms with E-state index in [1.807, 2.05) is 0 Å². The molecule has 0 bridgehead atoms. The Kier molecular flexibility index (Phi) is 18.8. The van der Waals surface area contributed by atoms with Gasteiger partial charge in [0.05, 0.1) is 6.04 Å². The first-order valence-electron chi connectivity index (χ1n) is 13.3. The van der Waals surface area contributed by atoms with Crippen molar-refractivity contribution < 1.29 is 24.6 Å². The summed E-state index contributed by atoms with van der Waals surface area (Å²) in [5.41, 5.74) is 4.00. The van der Waals surface area contributed by atoms with Crippen molar-refractivity contribution in [2.75, 3.05) is 0 Å². The summed E-state index contributed by atoms with van der Waals surface area (Å²) < 4.78 is 0. The molecule has 33 heavy (non-hydrogen) atoms. The molecular formula is C26H50N2O5. The summed E-state index contributed by atoms with van der Waals surface area (Å²) >= 11 is 0. The van der Waals surface area contributed by atoms with E-state index >= 15 is 0 Å². The summed E-state index contributed by atoms with van der Waals surface area (Å²) in [4.78, 5) is 34.9. The fraction of sp³-hybridized carbons (Fsp3) is 0.885. The second-order valence-corrected chi connectivity index (χ2v) is 9.61. The Labute approximate surface area is 201 Å². The van der Waals surface area contributed by atoms with Gasteiger partial charge in [-0.1, -0.05) is 110 Å². The highest BCUT2D eigenvalue weighted by Crippen LogP contribution is 2.23. The number of unbranched alkanes of at least 4 members (excludes halogenated alkanes) is 15. The lowest BCUT2D eigenvalue weighted by Crippen LogP contribution is -2.58. The highest BCUT2D eigenvalue weighted by molar-refractivity contribution is 5.89. The van der Waals surface area contributed by atoms with Gasteiger partial charge >= 0.3 is 11.9 Å². The van der Waals surface area contributed by atoms with E-state index in [0.29, 0.717) is 6.42 Å². The number of hydrogen-bond donors (Lipinski definition) is 4. The topological polar surface area (TPSA) is 130 Å². The molecule has 0 aliphatic rings. The van der Waals surface area contributed by atoms with Crippen LogP contribution in [0.2, 0.25) is 0 Å². The van der Waals surface area contributed by atoms with Crippen molar-refractivity contribution in [2.24, 2.45) is 5.73 Å². The normalized spacial score (nSPS) is 13.9. The summed E-state index contributed by atoms with van der Waals surface area (Å²) in [6.07, 6.45) is 19.4. The summed E-state index contributed by atoms with van der Waals surface area (Å²) in [5.74, 6) is -2.85. The van der Waals surface area contributed by atoms with Crippen LogP contribution in [-0.2, 0) is 14.4 Å². The molecule has 0 heterocycles. The fourth-order valence-electron chi connectivity index (χ4n) is 4.16. The molecule has 0 fully saturated rings. The van der Waals surface area contributed by atoms with Crippen molar-refractivity contribution in [1.82, 2.24) is 5.32 Å². The Balaban J connectivity index is 4.00. The van der Waals surface area contributed by atoms with Crippen molar-refractivity contribution in [3.8, 4) is 0 Å². The first-order valence-corrected chi connectivity index (χ1v) is 13.3. The van der Waals surface area contributed by atoms with Gasteiger partial charge in [-0.15, -0.1) is 0 Å². The molecule has 7 nitrogen and oxygen atoms in total. The maximum atomic E-state index is 12.0. The Morgan fingerprint density at radius 1 is 0.727 bits per heavy atom. The Hall–Kier alpha value is -1.63. The van der Waals surface area contributed by atoms with Crippen LogP contribution in [0.15, 0.2) is 0 Å². The molecule has 0 aromatic heterocycles. The molecule has 2 atom stereocenters. The fourth-order valence-corrected chi connectivity index (χ4v) is 4.16. The number of amides is 1. The SMILES string of the molecule is CCCCCCCCCCCCCCCCCC[C@](CCC(=O)O)(NC(=O)[C@@H](C)N)C(=O)O. The molecule has 0 aromatic carbocycles. The Bertz CT molecular complexity index is 539. The molecular weight excluding hydrogens is 420 g/mol. The average molecular weight is 471 g/mol. The van der Waals surface area contributed by atoms with Crippen LogP contribution in [-0.4, -0.2) is 39.6 Å². The predicted octanol–water partition coefficient (Wildman–Crippen LogP) is 5.79. The van der Waals surface area contributed by atoms with Gasteiger partial charge in [0.25, 0.3) is 0 Å². The lowest BCUT2D eigenvalue weighted by atomic mass is 9.86. The highest BCUT2D eigenvalue weighted by Gasteiger charge is 2.40. The summed E-state index contributed by atoms with van der Waals surface area (Å²) in [6.45, 7) is 3.73. The Morgan fingerprint density at radius 2 is 1.12 bits per heavy atom. The number of carbonyl (C=O) groups excluding carboxylic acids is 1. The average Bonchev–Trinajstić information content (AvgIpc) is 2.76. The van der Waals surface area contributed by atoms with Crippen LogP contribution in [0.1, 0.15) is 136 Å². The van der Waals surface area contributed by atoms with E-state index in [9.17, 15) is 19.5 Å². The first kappa shape index (κ1) is 31.4. The molecule has 0 saturated carbocycles. The maximum absolute atomic E-state index is 12.0. The zero-order valence-corrected chi connectivity index (χ0v) is 21.2. The van der Waals surface area contributed by atoms with Crippen molar-refractivity contribution in [1.29, 1.82) is 0 Å². The smallest absolute Gasteiger partial charge is 0.329 e. The van der Waals surface area contributed by atoms with Gasteiger partial charge in [0.15, 0.2) is 0 Å². The third kappa shape index (κ3) is 16.6. The van der Waals surface area contributed by atoms with Crippen molar-refractivity contribution >= 4 is 17.8 Å². The molecule has 0 saturated heterocycles. The van der Waals surface area contributed by atoms with Crippen LogP contribution in [0.4, 0.5) is 0 Å². The molecule has 0 rings (SSSR count). The van der Waals surface area contributed by atoms with Gasteiger partial charge < -0.3 is 21.3 Å². The van der Waals surface area contributed by atoms with E-state index < -0.39 is 29.4 Å². The number of carboxylic acids is 2. The van der Waals surface area contributed by atoms with Gasteiger partial charge in [-0.2, -0.15) is 0 Å². The minimum absolute atomic E-state index is 0.144. The highest BCUT2D eigenvalue weighted by atomic mass is 16.4. The van der Waals surface area contributed by atoms with E-state index in [0.717, 1.165) is 19.3 Å². The van der Waals surface area contributed by atoms with Crippen LogP contribution in [0.25, 0.3) is 0 Å². The number of hydrogen-bond acceptors (Lipinski definition) is 4. The predicted molar refractivity (Wildman–Crippen MR) is 133 cm³/mol. The Morgan fingerprint density at radius 3 is 1.45 bits per heavy atom. The third-order valence-corrected chi connectivity index (χ3v) is 6.41. The van der Waals surface area contributed by atoms with Crippen LogP contribution >= 0.6 is 0 Å². The zero-order valence-electron chi connectivity index (χ0n) is 21.2. The molecule has 0 aliphatic carbocycles. The maximum Gasteiger partial charge on any atom is 0.329 e. The van der Waals surface area contributed by atoms with Gasteiger partial charge in [0.1, 0.15) is 5.54 Å². The van der Waals surface area contributed by atoms with Crippen LogP contribution in [0.5, 0.6) is 0 Å². The quantitative estimate of drug-likeness (QED) is 0.140. The lowest BCUT2D eigenvalue weighted by molar-refractivity contribution is -0.149. The molecule has 194 valence electrons. The number of nitrogens with two attached hydrogens (primary N) is 1. The minimum atomic E-state index is -1.57. The van der Waals surface area contributed by atoms with Crippen LogP contribution in [0, 0.1) is 0 Å². The molecule has 0 unspecified atom stereocenters. The molecule has 0 radical (unpaired) electrons. The van der Waals surface area contributed by atoms with E-state index in [1.54, 1.807) is 0 Å². The van der Waals surface area contributed by atoms with Crippen LogP contribution in [0.3, 0.4) is 0 Å². The van der Waals surface area contributed by atoms with E-state index in [4.69, 9.17) is 10.8 Å². The summed E-state index contributed by atoms with van der Waals surface area (Å²) in [7, 11) is 0. The monoisotopic (exact) mass is 470 g/mol. The number of carboxylic acid groups (broad SMARTS) is 2. The van der Waals surface area contributed by atoms with E-state index in [2.05, 4.69) is 12.2 Å². The number of aliphatic carboxylic acids is 2. The summed E-state index contributed by atoms with van der Waals surface area (Å²) in [5, 5.41) is 21.2. The molecule has 0 aromatic rings. The van der Waals surface area contributed by atoms with Crippen molar-refractivity contribution in [2.45, 2.75) is 147 Å². The van der Waals surface area contributed by atoms with E-state index in [-0.39, 0.29) is 19.3 Å². The molecule has 0 spiro atoms. The summed E-state index contributed by atoms with van der Waals surface area (Å²) in [6, 6.07) is -0.848. The molecule has 1 amide bonds. The van der Waals surface area contributed by atoms with Gasteiger partial charge in [0.2, 0.25) is 5.91 Å². The number of rotatable bonds is 23. The molecule has 5 N–H and O–H groups in total. The minimum Gasteiger partial charge on any atom is -0.481 e. The largest absolute Gasteiger partial charge is 0.481 e. The third-order valence-electron chi connectivity index (χ3n) is 6.41. The zero-order chi connectivity index (χ0) is 25.0. The van der Waals surface area contributed by atoms with Gasteiger partial charge in [0, 0.05) is 6.42 Å². The number of carbonyl (C=O) groups is 3. The van der Waals surface area contributed by atoms with E-state index in [1.165, 1.54) is 84.0 Å². The molecule has 7 heteroatoms. The van der Waals surface area contributed by atoms with Gasteiger partial charge in [-0.05, 0) is 19.8 Å². The standard InChI is InChI=1S/C26H50N2O5/c1-3-4-5-6-7-8-9-10-11-12-13-14-15-16-17-18-20-26(25(32)33,21-19-23(29)30)28-24(31)22(2)27/h22H,3-21,27H2,1-2H3,(H,28,31)(H,29,30)(H,32,33)/t22-,26-/m1/s1. The first-order chi connectivity index (χ1) is 15.7. The van der Waals surface area contributed by atoms with Crippen molar-refractivity contribution in [3.63, 3.8) is 0 Å². The second kappa shape index (κ2) is 19.8.